The maximum absolute atomic E-state index is 10.2. The van der Waals surface area contributed by atoms with Crippen molar-refractivity contribution in [3.8, 4) is 0 Å². The molecule has 0 aliphatic carbocycles. The van der Waals surface area contributed by atoms with Crippen molar-refractivity contribution >= 4 is 11.3 Å². The van der Waals surface area contributed by atoms with Gasteiger partial charge in [-0.15, -0.1) is 11.3 Å². The second kappa shape index (κ2) is 5.47. The maximum atomic E-state index is 10.2. The van der Waals surface area contributed by atoms with Gasteiger partial charge in [-0.3, -0.25) is 4.68 Å². The number of hydrogen-bond acceptors (Lipinski definition) is 3. The smallest absolute Gasteiger partial charge is 0.0960 e. The lowest BCUT2D eigenvalue weighted by molar-refractivity contribution is 0.157. The third-order valence-electron chi connectivity index (χ3n) is 2.82. The molecule has 1 N–H and O–H groups in total. The summed E-state index contributed by atoms with van der Waals surface area (Å²) in [5.41, 5.74) is 1.90. The summed E-state index contributed by atoms with van der Waals surface area (Å²) in [4.78, 5) is 1.32. The van der Waals surface area contributed by atoms with Crippen LogP contribution in [0.1, 0.15) is 35.7 Å². The zero-order chi connectivity index (χ0) is 12.3. The van der Waals surface area contributed by atoms with Gasteiger partial charge in [0.2, 0.25) is 0 Å². The van der Waals surface area contributed by atoms with Crippen molar-refractivity contribution in [2.24, 2.45) is 0 Å². The fourth-order valence-corrected chi connectivity index (χ4v) is 2.69. The van der Waals surface area contributed by atoms with E-state index in [4.69, 9.17) is 0 Å². The fraction of sp³-hybridized carbons (Fsp3) is 0.462. The van der Waals surface area contributed by atoms with Crippen LogP contribution in [-0.2, 0) is 13.0 Å². The summed E-state index contributed by atoms with van der Waals surface area (Å²) in [7, 11) is 0. The first-order valence-electron chi connectivity index (χ1n) is 5.95. The van der Waals surface area contributed by atoms with E-state index in [2.05, 4.69) is 16.5 Å². The molecule has 0 saturated carbocycles. The van der Waals surface area contributed by atoms with E-state index in [1.807, 2.05) is 30.7 Å². The summed E-state index contributed by atoms with van der Waals surface area (Å²) in [6, 6.07) is 6.13. The Morgan fingerprint density at radius 3 is 3.00 bits per heavy atom. The van der Waals surface area contributed by atoms with Crippen LogP contribution in [0.4, 0.5) is 0 Å². The molecule has 1 unspecified atom stereocenters. The summed E-state index contributed by atoms with van der Waals surface area (Å²) in [6.45, 7) is 4.81. The van der Waals surface area contributed by atoms with Crippen LogP contribution in [0.25, 0.3) is 0 Å². The van der Waals surface area contributed by atoms with Gasteiger partial charge in [0.05, 0.1) is 17.5 Å². The van der Waals surface area contributed by atoms with Crippen LogP contribution in [0.5, 0.6) is 0 Å². The number of aliphatic hydroxyl groups is 1. The molecular formula is C13H18N2OS. The van der Waals surface area contributed by atoms with Crippen molar-refractivity contribution in [2.75, 3.05) is 0 Å². The summed E-state index contributed by atoms with van der Waals surface area (Å²) in [5, 5.41) is 16.6. The predicted octanol–water partition coefficient (Wildman–Crippen LogP) is 2.94. The Balaban J connectivity index is 2.01. The molecule has 0 aromatic carbocycles. The number of aryl methyl sites for hydroxylation is 3. The molecule has 0 fully saturated rings. The molecule has 0 spiro atoms. The van der Waals surface area contributed by atoms with Gasteiger partial charge in [0.25, 0.3) is 0 Å². The first kappa shape index (κ1) is 12.3. The zero-order valence-electron chi connectivity index (χ0n) is 10.3. The third-order valence-corrected chi connectivity index (χ3v) is 3.75. The lowest BCUT2D eigenvalue weighted by atomic mass is 10.1. The number of rotatable bonds is 5. The van der Waals surface area contributed by atoms with E-state index < -0.39 is 6.10 Å². The van der Waals surface area contributed by atoms with E-state index in [-0.39, 0.29) is 0 Å². The monoisotopic (exact) mass is 250 g/mol. The highest BCUT2D eigenvalue weighted by Crippen LogP contribution is 2.21. The van der Waals surface area contributed by atoms with Crippen molar-refractivity contribution in [2.45, 2.75) is 39.3 Å². The highest BCUT2D eigenvalue weighted by molar-refractivity contribution is 7.09. The molecule has 0 amide bonds. The number of nitrogens with zero attached hydrogens (tertiary/aromatic N) is 2. The first-order chi connectivity index (χ1) is 8.20. The van der Waals surface area contributed by atoms with Gasteiger partial charge in [-0.25, -0.2) is 0 Å². The molecule has 2 heterocycles. The van der Waals surface area contributed by atoms with Gasteiger partial charge >= 0.3 is 0 Å². The second-order valence-corrected chi connectivity index (χ2v) is 5.19. The highest BCUT2D eigenvalue weighted by Gasteiger charge is 2.14. The molecule has 0 saturated heterocycles. The molecule has 0 aliphatic rings. The van der Waals surface area contributed by atoms with E-state index >= 15 is 0 Å². The topological polar surface area (TPSA) is 38.0 Å². The average Bonchev–Trinajstić information content (AvgIpc) is 2.94. The Bertz CT molecular complexity index is 462. The van der Waals surface area contributed by atoms with Crippen molar-refractivity contribution in [1.82, 2.24) is 9.78 Å². The van der Waals surface area contributed by atoms with Gasteiger partial charge in [0.1, 0.15) is 0 Å². The predicted molar refractivity (Wildman–Crippen MR) is 70.2 cm³/mol. The fourth-order valence-electron chi connectivity index (χ4n) is 1.97. The Kier molecular flexibility index (Phi) is 3.97. The van der Waals surface area contributed by atoms with Crippen LogP contribution < -0.4 is 0 Å². The van der Waals surface area contributed by atoms with Crippen molar-refractivity contribution in [3.63, 3.8) is 0 Å². The third kappa shape index (κ3) is 2.96. The summed E-state index contributed by atoms with van der Waals surface area (Å²) in [6.07, 6.45) is 1.26. The van der Waals surface area contributed by atoms with Crippen molar-refractivity contribution in [1.29, 1.82) is 0 Å². The van der Waals surface area contributed by atoms with Gasteiger partial charge in [-0.2, -0.15) is 5.10 Å². The first-order valence-corrected chi connectivity index (χ1v) is 6.83. The zero-order valence-corrected chi connectivity index (χ0v) is 11.1. The molecule has 3 nitrogen and oxygen atoms in total. The lowest BCUT2D eigenvalue weighted by Crippen LogP contribution is -2.08. The summed E-state index contributed by atoms with van der Waals surface area (Å²) >= 11 is 1.74. The van der Waals surface area contributed by atoms with Crippen LogP contribution >= 0.6 is 11.3 Å². The Hall–Kier alpha value is -1.13. The van der Waals surface area contributed by atoms with Crippen LogP contribution in [-0.4, -0.2) is 14.9 Å². The minimum atomic E-state index is -0.418. The van der Waals surface area contributed by atoms with Crippen LogP contribution in [0, 0.1) is 6.92 Å². The van der Waals surface area contributed by atoms with Crippen molar-refractivity contribution in [3.05, 3.63) is 39.8 Å². The SMILES string of the molecule is CCn1nc(C)cc1C(O)CCc1cccs1. The number of hydrogen-bond donors (Lipinski definition) is 1. The summed E-state index contributed by atoms with van der Waals surface area (Å²) in [5.74, 6) is 0. The largest absolute Gasteiger partial charge is 0.387 e. The number of aromatic nitrogens is 2. The van der Waals surface area contributed by atoms with E-state index in [9.17, 15) is 5.11 Å². The normalized spacial score (nSPS) is 12.9. The standard InChI is InChI=1S/C13H18N2OS/c1-3-15-12(9-10(2)14-15)13(16)7-6-11-5-4-8-17-11/h4-5,8-9,13,16H,3,6-7H2,1-2H3. The highest BCUT2D eigenvalue weighted by atomic mass is 32.1. The summed E-state index contributed by atoms with van der Waals surface area (Å²) < 4.78 is 1.88. The quantitative estimate of drug-likeness (QED) is 0.886. The minimum absolute atomic E-state index is 0.418. The minimum Gasteiger partial charge on any atom is -0.387 e. The van der Waals surface area contributed by atoms with E-state index in [0.717, 1.165) is 30.8 Å². The second-order valence-electron chi connectivity index (χ2n) is 4.16. The van der Waals surface area contributed by atoms with E-state index in [1.165, 1.54) is 4.88 Å². The lowest BCUT2D eigenvalue weighted by Gasteiger charge is -2.11. The molecule has 2 aromatic heterocycles. The van der Waals surface area contributed by atoms with Crippen LogP contribution in [0.2, 0.25) is 0 Å². The van der Waals surface area contributed by atoms with E-state index in [0.29, 0.717) is 0 Å². The molecule has 1 atom stereocenters. The Morgan fingerprint density at radius 1 is 1.53 bits per heavy atom. The van der Waals surface area contributed by atoms with Crippen molar-refractivity contribution < 1.29 is 5.11 Å². The molecule has 17 heavy (non-hydrogen) atoms. The number of aliphatic hydroxyl groups excluding tert-OH is 1. The Labute approximate surface area is 106 Å². The maximum Gasteiger partial charge on any atom is 0.0960 e. The molecular weight excluding hydrogens is 232 g/mol. The van der Waals surface area contributed by atoms with E-state index in [1.54, 1.807) is 11.3 Å². The molecule has 0 radical (unpaired) electrons. The number of thiophene rings is 1. The molecule has 2 aromatic rings. The Morgan fingerprint density at radius 2 is 2.35 bits per heavy atom. The molecule has 2 rings (SSSR count). The van der Waals surface area contributed by atoms with Crippen LogP contribution in [0.15, 0.2) is 23.6 Å². The average molecular weight is 250 g/mol. The molecule has 0 bridgehead atoms. The molecule has 92 valence electrons. The van der Waals surface area contributed by atoms with Gasteiger partial charge < -0.3 is 5.11 Å². The molecule has 0 aliphatic heterocycles. The van der Waals surface area contributed by atoms with Gasteiger partial charge in [0.15, 0.2) is 0 Å². The molecule has 4 heteroatoms. The van der Waals surface area contributed by atoms with Gasteiger partial charge in [-0.05, 0) is 44.2 Å². The van der Waals surface area contributed by atoms with Gasteiger partial charge in [0, 0.05) is 11.4 Å². The van der Waals surface area contributed by atoms with Gasteiger partial charge in [-0.1, -0.05) is 6.07 Å². The van der Waals surface area contributed by atoms with Crippen LogP contribution in [0.3, 0.4) is 0 Å².